The lowest BCUT2D eigenvalue weighted by Crippen LogP contribution is -2.28. The van der Waals surface area contributed by atoms with Gasteiger partial charge in [0, 0.05) is 11.8 Å². The number of ether oxygens (including phenoxy) is 1. The molecule has 168 valence electrons. The van der Waals surface area contributed by atoms with Gasteiger partial charge in [0.05, 0.1) is 34.9 Å². The van der Waals surface area contributed by atoms with E-state index >= 15 is 0 Å². The molecule has 1 aliphatic rings. The molecule has 0 unspecified atom stereocenters. The summed E-state index contributed by atoms with van der Waals surface area (Å²) < 4.78 is 10.7. The van der Waals surface area contributed by atoms with Gasteiger partial charge in [0.25, 0.3) is 11.6 Å². The molecule has 0 atom stereocenters. The molecule has 10 heteroatoms. The number of carbonyl (C=O) groups is 1. The van der Waals surface area contributed by atoms with Gasteiger partial charge in [0.1, 0.15) is 11.5 Å². The largest absolute Gasteiger partial charge is 0.865 e. The van der Waals surface area contributed by atoms with Crippen molar-refractivity contribution in [3.63, 3.8) is 0 Å². The monoisotopic (exact) mass is 464 g/mol. The van der Waals surface area contributed by atoms with E-state index in [1.54, 1.807) is 19.1 Å². The summed E-state index contributed by atoms with van der Waals surface area (Å²) >= 11 is 1.13. The normalized spacial score (nSPS) is 16.0. The molecule has 1 saturated heterocycles. The van der Waals surface area contributed by atoms with Gasteiger partial charge in [-0.3, -0.25) is 19.8 Å². The lowest BCUT2D eigenvalue weighted by Gasteiger charge is -2.15. The van der Waals surface area contributed by atoms with Crippen molar-refractivity contribution >= 4 is 40.3 Å². The molecule has 3 aromatic rings. The van der Waals surface area contributed by atoms with Gasteiger partial charge < -0.3 is 14.3 Å². The Morgan fingerprint density at radius 3 is 2.67 bits per heavy atom. The minimum atomic E-state index is -0.805. The molecule has 0 aliphatic carbocycles. The zero-order valence-electron chi connectivity index (χ0n) is 17.5. The highest BCUT2D eigenvalue weighted by Crippen LogP contribution is 2.39. The first-order chi connectivity index (χ1) is 16.0. The summed E-state index contributed by atoms with van der Waals surface area (Å²) in [5.41, 5.74) is 0.358. The quantitative estimate of drug-likeness (QED) is 0.287. The van der Waals surface area contributed by atoms with Gasteiger partial charge >= 0.3 is 0 Å². The average molecular weight is 464 g/mol. The van der Waals surface area contributed by atoms with Crippen molar-refractivity contribution in [3.05, 3.63) is 87.2 Å². The summed E-state index contributed by atoms with van der Waals surface area (Å²) in [6.07, 6.45) is 3.01. The van der Waals surface area contributed by atoms with Crippen molar-refractivity contribution in [2.75, 3.05) is 6.61 Å². The minimum Gasteiger partial charge on any atom is -0.865 e. The predicted molar refractivity (Wildman–Crippen MR) is 122 cm³/mol. The highest BCUT2D eigenvalue weighted by molar-refractivity contribution is 8.18. The Kier molecular flexibility index (Phi) is 6.45. The minimum absolute atomic E-state index is 0.139. The van der Waals surface area contributed by atoms with Crippen LogP contribution in [0.1, 0.15) is 18.2 Å². The third kappa shape index (κ3) is 4.90. The van der Waals surface area contributed by atoms with Crippen molar-refractivity contribution in [1.29, 1.82) is 0 Å². The molecule has 0 N–H and O–H groups in total. The third-order valence-corrected chi connectivity index (χ3v) is 5.62. The summed E-state index contributed by atoms with van der Waals surface area (Å²) in [6, 6.07) is 15.2. The van der Waals surface area contributed by atoms with Crippen LogP contribution in [0.4, 0.5) is 11.4 Å². The van der Waals surface area contributed by atoms with Gasteiger partial charge in [-0.25, -0.2) is 4.99 Å². The fraction of sp³-hybridized carbons (Fsp3) is 0.130. The van der Waals surface area contributed by atoms with Crippen molar-refractivity contribution in [2.24, 2.45) is 4.99 Å². The van der Waals surface area contributed by atoms with E-state index in [1.807, 2.05) is 30.3 Å². The van der Waals surface area contributed by atoms with E-state index in [2.05, 4.69) is 4.99 Å². The second kappa shape index (κ2) is 9.61. The van der Waals surface area contributed by atoms with Crippen molar-refractivity contribution in [1.82, 2.24) is 4.90 Å². The Morgan fingerprint density at radius 2 is 2.00 bits per heavy atom. The highest BCUT2D eigenvalue weighted by Gasteiger charge is 2.34. The number of hydrogen-bond donors (Lipinski definition) is 0. The molecule has 0 spiro atoms. The maximum Gasteiger partial charge on any atom is 0.267 e. The molecule has 2 heterocycles. The van der Waals surface area contributed by atoms with Crippen LogP contribution in [0.25, 0.3) is 6.08 Å². The zero-order valence-corrected chi connectivity index (χ0v) is 18.3. The SMILES string of the molecule is CCOc1cc(/C=C2\SC(=Nc3ccccc3)N(Cc3ccco3)C2=O)cc([N+](=O)[O-])c1[O-]. The molecule has 9 nitrogen and oxygen atoms in total. The molecule has 1 aromatic heterocycles. The Labute approximate surface area is 193 Å². The van der Waals surface area contributed by atoms with Gasteiger partial charge in [-0.1, -0.05) is 18.2 Å². The second-order valence-corrected chi connectivity index (χ2v) is 7.88. The summed E-state index contributed by atoms with van der Waals surface area (Å²) in [7, 11) is 0. The number of aliphatic imine (C=N–C) groups is 1. The van der Waals surface area contributed by atoms with Gasteiger partial charge in [-0.2, -0.15) is 0 Å². The molecule has 1 aliphatic heterocycles. The summed E-state index contributed by atoms with van der Waals surface area (Å²) in [5, 5.41) is 24.0. The molecule has 1 fully saturated rings. The summed E-state index contributed by atoms with van der Waals surface area (Å²) in [6.45, 7) is 2.02. The van der Waals surface area contributed by atoms with E-state index in [9.17, 15) is 20.0 Å². The number of nitro benzene ring substituents is 1. The number of nitrogens with zero attached hydrogens (tertiary/aromatic N) is 3. The molecular weight excluding hydrogens is 446 g/mol. The van der Waals surface area contributed by atoms with E-state index in [0.29, 0.717) is 27.1 Å². The van der Waals surface area contributed by atoms with Crippen LogP contribution >= 0.6 is 11.8 Å². The van der Waals surface area contributed by atoms with Crippen LogP contribution in [-0.2, 0) is 11.3 Å². The van der Waals surface area contributed by atoms with E-state index < -0.39 is 16.4 Å². The number of amidine groups is 1. The molecular formula is C23H18N3O6S-. The Bertz CT molecular complexity index is 1240. The number of para-hydroxylation sites is 1. The first-order valence-corrected chi connectivity index (χ1v) is 10.8. The van der Waals surface area contributed by atoms with Crippen molar-refractivity contribution < 1.29 is 24.0 Å². The number of nitro groups is 1. The first-order valence-electron chi connectivity index (χ1n) is 9.96. The zero-order chi connectivity index (χ0) is 23.4. The van der Waals surface area contributed by atoms with Crippen LogP contribution in [0.15, 0.2) is 75.2 Å². The van der Waals surface area contributed by atoms with Crippen LogP contribution < -0.4 is 9.84 Å². The van der Waals surface area contributed by atoms with Gasteiger partial charge in [0.2, 0.25) is 0 Å². The molecule has 33 heavy (non-hydrogen) atoms. The Morgan fingerprint density at radius 1 is 1.21 bits per heavy atom. The number of furan rings is 1. The molecule has 0 saturated carbocycles. The number of amides is 1. The Balaban J connectivity index is 1.74. The fourth-order valence-electron chi connectivity index (χ4n) is 3.14. The standard InChI is InChI=1S/C23H19N3O6S/c1-2-31-19-12-15(11-18(21(19)27)26(29)30)13-20-22(28)25(14-17-9-6-10-32-17)23(33-20)24-16-7-4-3-5-8-16/h3-13,27H,2,14H2,1H3/p-1/b20-13-,24-23?. The maximum absolute atomic E-state index is 13.2. The molecule has 0 bridgehead atoms. The average Bonchev–Trinajstić information content (AvgIpc) is 3.41. The van der Waals surface area contributed by atoms with Crippen LogP contribution in [0, 0.1) is 10.1 Å². The lowest BCUT2D eigenvalue weighted by atomic mass is 10.1. The highest BCUT2D eigenvalue weighted by atomic mass is 32.2. The topological polar surface area (TPSA) is 121 Å². The van der Waals surface area contributed by atoms with Crippen molar-refractivity contribution in [3.8, 4) is 11.5 Å². The number of carbonyl (C=O) groups excluding carboxylic acids is 1. The third-order valence-electron chi connectivity index (χ3n) is 4.61. The molecule has 1 amide bonds. The van der Waals surface area contributed by atoms with Gasteiger partial charge in [0.15, 0.2) is 5.17 Å². The first kappa shape index (κ1) is 22.2. The van der Waals surface area contributed by atoms with E-state index in [4.69, 9.17) is 9.15 Å². The maximum atomic E-state index is 13.2. The number of benzene rings is 2. The van der Waals surface area contributed by atoms with E-state index in [1.165, 1.54) is 23.3 Å². The van der Waals surface area contributed by atoms with Crippen LogP contribution in [0.3, 0.4) is 0 Å². The molecule has 0 radical (unpaired) electrons. The van der Waals surface area contributed by atoms with Gasteiger partial charge in [-0.05, 0) is 60.7 Å². The van der Waals surface area contributed by atoms with Crippen LogP contribution in [-0.4, -0.2) is 27.5 Å². The van der Waals surface area contributed by atoms with Crippen molar-refractivity contribution in [2.45, 2.75) is 13.5 Å². The van der Waals surface area contributed by atoms with E-state index in [-0.39, 0.29) is 24.8 Å². The summed E-state index contributed by atoms with van der Waals surface area (Å²) in [4.78, 5) is 30.2. The number of hydrogen-bond acceptors (Lipinski definition) is 8. The smallest absolute Gasteiger partial charge is 0.267 e. The van der Waals surface area contributed by atoms with Crippen LogP contribution in [0.5, 0.6) is 11.5 Å². The predicted octanol–water partition coefficient (Wildman–Crippen LogP) is 4.46. The van der Waals surface area contributed by atoms with Crippen LogP contribution in [0.2, 0.25) is 0 Å². The van der Waals surface area contributed by atoms with E-state index in [0.717, 1.165) is 17.8 Å². The number of thioether (sulfide) groups is 1. The Hall–Kier alpha value is -4.05. The molecule has 2 aromatic carbocycles. The fourth-order valence-corrected chi connectivity index (χ4v) is 4.14. The molecule has 4 rings (SSSR count). The van der Waals surface area contributed by atoms with Gasteiger partial charge in [-0.15, -0.1) is 0 Å². The lowest BCUT2D eigenvalue weighted by molar-refractivity contribution is -0.398. The number of rotatable bonds is 7. The summed E-state index contributed by atoms with van der Waals surface area (Å²) in [5.74, 6) is -0.700. The second-order valence-electron chi connectivity index (χ2n) is 6.87.